The number of carbonyl (C=O) groups is 2. The molecule has 16 rings (SSSR count). The number of aromatic nitrogens is 2. The van der Waals surface area contributed by atoms with E-state index in [1.165, 1.54) is 70.0 Å². The van der Waals surface area contributed by atoms with Crippen molar-refractivity contribution in [3.8, 4) is 6.07 Å². The molecule has 1 amide bonds. The summed E-state index contributed by atoms with van der Waals surface area (Å²) in [4.78, 5) is 41.0. The summed E-state index contributed by atoms with van der Waals surface area (Å²) in [5, 5.41) is 21.0. The molecule has 1 saturated heterocycles. The normalized spacial score (nSPS) is 15.9. The van der Waals surface area contributed by atoms with Crippen molar-refractivity contribution in [3.63, 3.8) is 0 Å². The number of hydrogen-bond donors (Lipinski definition) is 4. The molecule has 0 bridgehead atoms. The number of anilines is 4. The maximum absolute atomic E-state index is 13.1. The Balaban J connectivity index is 0.000000134. The first-order chi connectivity index (χ1) is 51.1. The molecule has 4 aliphatic rings. The fourth-order valence-corrected chi connectivity index (χ4v) is 14.3. The first kappa shape index (κ1) is 72.6. The second kappa shape index (κ2) is 36.6. The van der Waals surface area contributed by atoms with Crippen LogP contribution in [-0.4, -0.2) is 109 Å². The summed E-state index contributed by atoms with van der Waals surface area (Å²) in [6, 6.07) is 95.4. The summed E-state index contributed by atoms with van der Waals surface area (Å²) in [6.45, 7) is 15.3. The number of para-hydroxylation sites is 2. The third-order valence-corrected chi connectivity index (χ3v) is 19.3. The number of nitriles is 1. The van der Waals surface area contributed by atoms with E-state index in [2.05, 4.69) is 210 Å². The third-order valence-electron chi connectivity index (χ3n) is 19.3. The van der Waals surface area contributed by atoms with Crippen molar-refractivity contribution in [2.24, 2.45) is 5.73 Å². The van der Waals surface area contributed by atoms with Gasteiger partial charge < -0.3 is 31.2 Å². The first-order valence-corrected chi connectivity index (χ1v) is 36.1. The van der Waals surface area contributed by atoms with E-state index < -0.39 is 0 Å². The van der Waals surface area contributed by atoms with Crippen LogP contribution in [0.25, 0.3) is 21.8 Å². The predicted octanol–water partition coefficient (Wildman–Crippen LogP) is 17.3. The first-order valence-electron chi connectivity index (χ1n) is 36.1. The minimum absolute atomic E-state index is 0.0635. The van der Waals surface area contributed by atoms with Crippen LogP contribution >= 0.6 is 0 Å². The smallest absolute Gasteiger partial charge is 0.337 e. The SMILES string of the molecule is C1CCOC1.COC(=O)c1cccc(Nc2cc(C)nc3ccccc23)c1.Cc1cc(Nc2cccc(C(=O)NCCN3Cc4ccccc4C(c4ccccc4)C3)c2)c2ccccc2n1.N#CCN1Cc2ccccc2C(c2ccccc2)C1.NCCN1Cc2ccccc2C(c2ccccc2)C1. The highest BCUT2D eigenvalue weighted by Crippen LogP contribution is 2.37. The highest BCUT2D eigenvalue weighted by atomic mass is 16.5. The number of rotatable bonds is 15. The number of pyridine rings is 2. The molecule has 14 heteroatoms. The lowest BCUT2D eigenvalue weighted by molar-refractivity contribution is 0.0600. The Hall–Kier alpha value is -11.2. The lowest BCUT2D eigenvalue weighted by Crippen LogP contribution is -2.39. The molecule has 4 aliphatic heterocycles. The molecule has 104 heavy (non-hydrogen) atoms. The molecule has 12 aromatic rings. The van der Waals surface area contributed by atoms with Gasteiger partial charge in [0.05, 0.1) is 36.3 Å². The minimum Gasteiger partial charge on any atom is -0.465 e. The van der Waals surface area contributed by atoms with Crippen molar-refractivity contribution < 1.29 is 19.1 Å². The Morgan fingerprint density at radius 2 is 0.894 bits per heavy atom. The van der Waals surface area contributed by atoms with Crippen molar-refractivity contribution in [3.05, 3.63) is 346 Å². The van der Waals surface area contributed by atoms with Gasteiger partial charge in [0, 0.05) is 147 Å². The summed E-state index contributed by atoms with van der Waals surface area (Å²) in [6.07, 6.45) is 2.56. The quantitative estimate of drug-likeness (QED) is 0.0564. The monoisotopic (exact) mass is 1380 g/mol. The average Bonchev–Trinajstić information content (AvgIpc) is 0.837. The topological polar surface area (TPSA) is 174 Å². The summed E-state index contributed by atoms with van der Waals surface area (Å²) in [5.74, 6) is 0.769. The maximum atomic E-state index is 13.1. The van der Waals surface area contributed by atoms with E-state index in [9.17, 15) is 9.59 Å². The van der Waals surface area contributed by atoms with Crippen LogP contribution in [0.3, 0.4) is 0 Å². The number of amides is 1. The maximum Gasteiger partial charge on any atom is 0.337 e. The number of nitrogens with one attached hydrogen (secondary N) is 3. The van der Waals surface area contributed by atoms with Crippen LogP contribution in [0, 0.1) is 25.2 Å². The number of hydrogen-bond acceptors (Lipinski definition) is 13. The van der Waals surface area contributed by atoms with Crippen LogP contribution in [0.5, 0.6) is 0 Å². The third kappa shape index (κ3) is 19.3. The number of methoxy groups -OCH3 is 1. The minimum atomic E-state index is -0.348. The molecule has 10 aromatic carbocycles. The van der Waals surface area contributed by atoms with Crippen molar-refractivity contribution in [2.45, 2.75) is 64.1 Å². The Labute approximate surface area is 612 Å². The number of nitrogens with zero attached hydrogens (tertiary/aromatic N) is 6. The largest absolute Gasteiger partial charge is 0.465 e. The average molecular weight is 1380 g/mol. The fraction of sp³-hybridized carbons (Fsp3) is 0.233. The van der Waals surface area contributed by atoms with Gasteiger partial charge in [0.15, 0.2) is 0 Å². The van der Waals surface area contributed by atoms with Crippen LogP contribution in [0.4, 0.5) is 22.7 Å². The second-order valence-electron chi connectivity index (χ2n) is 26.7. The molecule has 14 nitrogen and oxygen atoms in total. The van der Waals surface area contributed by atoms with E-state index in [0.29, 0.717) is 42.0 Å². The number of carbonyl (C=O) groups excluding carboxylic acids is 2. The molecule has 0 spiro atoms. The standard InChI is InChI=1S/C34H32N4O.C18H16N2O2.C17H20N2.C17H16N2.C4H8O/c1-24-20-33(30-16-7-8-17-32(30)36-24)37-28-14-9-13-26(21-28)34(39)35-18-19-38-22-27-12-5-6-15-29(27)31(23-38)25-10-3-2-4-11-25;1-12-10-17(15-8-3-4-9-16(15)19-12)20-14-7-5-6-13(11-14)18(21)22-2;2*18-10-11-19-12-15-8-4-5-9-16(15)17(13-19)14-6-2-1-3-7-14;1-2-4-5-3-1/h2-17,20-21,31H,18-19,22-23H2,1H3,(H,35,39)(H,36,37);3-11H,1-2H3,(H,19,20);1-9,17H,10-13,18H2;1-9,17H,11-13H2;1-4H2. The number of fused-ring (bicyclic) bond motifs is 5. The van der Waals surface area contributed by atoms with E-state index >= 15 is 0 Å². The Morgan fingerprint density at radius 1 is 0.490 bits per heavy atom. The van der Waals surface area contributed by atoms with Crippen LogP contribution in [0.2, 0.25) is 0 Å². The molecule has 0 radical (unpaired) electrons. The van der Waals surface area contributed by atoms with Crippen LogP contribution in [0.15, 0.2) is 273 Å². The molecule has 526 valence electrons. The zero-order valence-corrected chi connectivity index (χ0v) is 59.7. The van der Waals surface area contributed by atoms with Gasteiger partial charge in [-0.2, -0.15) is 5.26 Å². The van der Waals surface area contributed by atoms with Crippen LogP contribution < -0.4 is 21.7 Å². The predicted molar refractivity (Wildman–Crippen MR) is 421 cm³/mol. The number of aryl methyl sites for hydroxylation is 2. The van der Waals surface area contributed by atoms with Gasteiger partial charge >= 0.3 is 5.97 Å². The molecular formula is C90H92N10O4. The van der Waals surface area contributed by atoms with Gasteiger partial charge in [-0.05, 0) is 137 Å². The second-order valence-corrected chi connectivity index (χ2v) is 26.7. The molecule has 0 saturated carbocycles. The summed E-state index contributed by atoms with van der Waals surface area (Å²) in [5.41, 5.74) is 26.8. The molecule has 0 aliphatic carbocycles. The highest BCUT2D eigenvalue weighted by molar-refractivity contribution is 5.97. The molecule has 3 unspecified atom stereocenters. The molecule has 1 fully saturated rings. The van der Waals surface area contributed by atoms with Crippen molar-refractivity contribution in [1.82, 2.24) is 30.0 Å². The van der Waals surface area contributed by atoms with E-state index in [4.69, 9.17) is 20.5 Å². The Kier molecular flexibility index (Phi) is 25.6. The van der Waals surface area contributed by atoms with Gasteiger partial charge in [-0.25, -0.2) is 4.79 Å². The summed E-state index contributed by atoms with van der Waals surface area (Å²) in [7, 11) is 1.38. The van der Waals surface area contributed by atoms with Crippen molar-refractivity contribution in [2.75, 3.05) is 83.3 Å². The molecule has 6 heterocycles. The lowest BCUT2D eigenvalue weighted by Gasteiger charge is -2.35. The fourth-order valence-electron chi connectivity index (χ4n) is 14.3. The summed E-state index contributed by atoms with van der Waals surface area (Å²) >= 11 is 0. The number of benzene rings is 10. The highest BCUT2D eigenvalue weighted by Gasteiger charge is 2.29. The molecule has 3 atom stereocenters. The van der Waals surface area contributed by atoms with Gasteiger partial charge in [0.25, 0.3) is 5.91 Å². The van der Waals surface area contributed by atoms with Crippen LogP contribution in [0.1, 0.15) is 113 Å². The van der Waals surface area contributed by atoms with Gasteiger partial charge in [0.1, 0.15) is 0 Å². The zero-order chi connectivity index (χ0) is 71.8. The Bertz CT molecular complexity index is 4830. The van der Waals surface area contributed by atoms with E-state index in [-0.39, 0.29) is 11.9 Å². The Morgan fingerprint density at radius 3 is 1.34 bits per heavy atom. The molecule has 5 N–H and O–H groups in total. The molecular weight excluding hydrogens is 1290 g/mol. The summed E-state index contributed by atoms with van der Waals surface area (Å²) < 4.78 is 9.70. The van der Waals surface area contributed by atoms with Crippen molar-refractivity contribution >= 4 is 56.4 Å². The van der Waals surface area contributed by atoms with Crippen LogP contribution in [-0.2, 0) is 29.1 Å². The van der Waals surface area contributed by atoms with Gasteiger partial charge in [-0.3, -0.25) is 29.5 Å². The van der Waals surface area contributed by atoms with E-state index in [1.54, 1.807) is 12.1 Å². The van der Waals surface area contributed by atoms with Crippen molar-refractivity contribution in [1.29, 1.82) is 5.26 Å². The number of ether oxygens (including phenoxy) is 2. The number of esters is 1. The van der Waals surface area contributed by atoms with E-state index in [0.717, 1.165) is 128 Å². The van der Waals surface area contributed by atoms with Gasteiger partial charge in [-0.15, -0.1) is 0 Å². The van der Waals surface area contributed by atoms with Gasteiger partial charge in [-0.1, -0.05) is 212 Å². The molecule has 2 aromatic heterocycles. The van der Waals surface area contributed by atoms with E-state index in [1.807, 2.05) is 111 Å². The zero-order valence-electron chi connectivity index (χ0n) is 59.7. The number of nitrogens with two attached hydrogens (primary N) is 1. The lowest BCUT2D eigenvalue weighted by atomic mass is 9.85. The van der Waals surface area contributed by atoms with Gasteiger partial charge in [0.2, 0.25) is 0 Å².